The fourth-order valence-electron chi connectivity index (χ4n) is 1.60. The molecule has 88 valence electrons. The van der Waals surface area contributed by atoms with E-state index in [-0.39, 0.29) is 11.4 Å². The average molecular weight is 223 g/mol. The maximum Gasteiger partial charge on any atom is 0.165 e. The van der Waals surface area contributed by atoms with Gasteiger partial charge in [0.05, 0.1) is 6.61 Å². The van der Waals surface area contributed by atoms with Gasteiger partial charge < -0.3 is 10.5 Å². The van der Waals surface area contributed by atoms with E-state index >= 15 is 0 Å². The summed E-state index contributed by atoms with van der Waals surface area (Å²) in [5.74, 6) is 0.396. The number of benzene rings is 1. The van der Waals surface area contributed by atoms with Crippen molar-refractivity contribution >= 4 is 0 Å². The topological polar surface area (TPSA) is 35.2 Å². The Morgan fingerprint density at radius 3 is 2.69 bits per heavy atom. The quantitative estimate of drug-likeness (QED) is 0.851. The van der Waals surface area contributed by atoms with E-state index in [4.69, 9.17) is 10.5 Å². The zero-order valence-electron chi connectivity index (χ0n) is 9.79. The number of nitrogens with two attached hydrogens (primary N) is 1. The van der Waals surface area contributed by atoms with Gasteiger partial charge in [-0.1, -0.05) is 19.9 Å². The Balaban J connectivity index is 2.16. The molecule has 1 aliphatic rings. The predicted molar refractivity (Wildman–Crippen MR) is 61.8 cm³/mol. The van der Waals surface area contributed by atoms with E-state index in [0.29, 0.717) is 18.3 Å². The molecule has 2 rings (SSSR count). The lowest BCUT2D eigenvalue weighted by Gasteiger charge is -2.13. The van der Waals surface area contributed by atoms with E-state index in [9.17, 15) is 4.39 Å². The van der Waals surface area contributed by atoms with Crippen molar-refractivity contribution in [3.05, 3.63) is 29.6 Å². The largest absolute Gasteiger partial charge is 0.490 e. The minimum atomic E-state index is -0.311. The van der Waals surface area contributed by atoms with Crippen LogP contribution < -0.4 is 10.5 Å². The molecule has 0 bridgehead atoms. The van der Waals surface area contributed by atoms with Gasteiger partial charge in [0.25, 0.3) is 0 Å². The summed E-state index contributed by atoms with van der Waals surface area (Å²) in [4.78, 5) is 0. The molecule has 0 amide bonds. The van der Waals surface area contributed by atoms with Gasteiger partial charge in [0, 0.05) is 5.54 Å². The number of rotatable bonds is 4. The molecule has 0 aromatic heterocycles. The lowest BCUT2D eigenvalue weighted by Crippen LogP contribution is -2.19. The smallest absolute Gasteiger partial charge is 0.165 e. The molecule has 0 aliphatic heterocycles. The summed E-state index contributed by atoms with van der Waals surface area (Å²) in [5.41, 5.74) is 6.81. The molecule has 1 aromatic rings. The van der Waals surface area contributed by atoms with E-state index in [1.165, 1.54) is 6.07 Å². The highest BCUT2D eigenvalue weighted by atomic mass is 19.1. The molecular weight excluding hydrogens is 205 g/mol. The minimum absolute atomic E-state index is 0.232. The lowest BCUT2D eigenvalue weighted by atomic mass is 10.1. The molecule has 3 heteroatoms. The standard InChI is InChI=1S/C13H18FNO/c1-9(2)8-16-12-7-10(3-4-11(12)14)13(15)5-6-13/h3-4,7,9H,5-6,8,15H2,1-2H3. The molecule has 1 aromatic carbocycles. The summed E-state index contributed by atoms with van der Waals surface area (Å²) in [6, 6.07) is 4.94. The van der Waals surface area contributed by atoms with E-state index < -0.39 is 0 Å². The minimum Gasteiger partial charge on any atom is -0.490 e. The van der Waals surface area contributed by atoms with E-state index in [2.05, 4.69) is 0 Å². The van der Waals surface area contributed by atoms with E-state index in [0.717, 1.165) is 18.4 Å². The average Bonchev–Trinajstić information content (AvgIpc) is 2.96. The van der Waals surface area contributed by atoms with Crippen LogP contribution in [0.15, 0.2) is 18.2 Å². The second kappa shape index (κ2) is 4.06. The Morgan fingerprint density at radius 1 is 1.44 bits per heavy atom. The van der Waals surface area contributed by atoms with Crippen molar-refractivity contribution in [3.8, 4) is 5.75 Å². The Labute approximate surface area is 95.6 Å². The molecule has 0 atom stereocenters. The van der Waals surface area contributed by atoms with Crippen LogP contribution in [0.1, 0.15) is 32.3 Å². The molecule has 0 saturated heterocycles. The molecule has 2 N–H and O–H groups in total. The first-order chi connectivity index (χ1) is 7.51. The first-order valence-electron chi connectivity index (χ1n) is 5.73. The zero-order valence-corrected chi connectivity index (χ0v) is 9.79. The van der Waals surface area contributed by atoms with Crippen LogP contribution in [0.4, 0.5) is 4.39 Å². The van der Waals surface area contributed by atoms with Crippen LogP contribution in [-0.4, -0.2) is 6.61 Å². The molecule has 1 aliphatic carbocycles. The molecule has 1 saturated carbocycles. The highest BCUT2D eigenvalue weighted by molar-refractivity contribution is 5.37. The highest BCUT2D eigenvalue weighted by Crippen LogP contribution is 2.43. The summed E-state index contributed by atoms with van der Waals surface area (Å²) in [5, 5.41) is 0. The third kappa shape index (κ3) is 2.35. The number of halogens is 1. The normalized spacial score (nSPS) is 17.6. The number of ether oxygens (including phenoxy) is 1. The van der Waals surface area contributed by atoms with Gasteiger partial charge in [0.2, 0.25) is 0 Å². The van der Waals surface area contributed by atoms with Crippen LogP contribution in [0.25, 0.3) is 0 Å². The first-order valence-corrected chi connectivity index (χ1v) is 5.73. The van der Waals surface area contributed by atoms with E-state index in [1.807, 2.05) is 13.8 Å². The van der Waals surface area contributed by atoms with Crippen LogP contribution in [0.5, 0.6) is 5.75 Å². The van der Waals surface area contributed by atoms with Crippen molar-refractivity contribution in [1.82, 2.24) is 0 Å². The molecule has 16 heavy (non-hydrogen) atoms. The number of hydrogen-bond acceptors (Lipinski definition) is 2. The molecule has 0 spiro atoms. The third-order valence-electron chi connectivity index (χ3n) is 2.87. The molecule has 1 fully saturated rings. The molecule has 0 heterocycles. The van der Waals surface area contributed by atoms with Gasteiger partial charge in [-0.3, -0.25) is 0 Å². The van der Waals surface area contributed by atoms with Crippen molar-refractivity contribution in [2.75, 3.05) is 6.61 Å². The predicted octanol–water partition coefficient (Wildman–Crippen LogP) is 2.81. The van der Waals surface area contributed by atoms with Crippen molar-refractivity contribution in [2.45, 2.75) is 32.2 Å². The van der Waals surface area contributed by atoms with Gasteiger partial charge in [-0.25, -0.2) is 4.39 Å². The van der Waals surface area contributed by atoms with Crippen LogP contribution in [0.3, 0.4) is 0 Å². The van der Waals surface area contributed by atoms with Crippen molar-refractivity contribution in [3.63, 3.8) is 0 Å². The monoisotopic (exact) mass is 223 g/mol. The molecule has 2 nitrogen and oxygen atoms in total. The second-order valence-corrected chi connectivity index (χ2v) is 5.01. The summed E-state index contributed by atoms with van der Waals surface area (Å²) in [7, 11) is 0. The highest BCUT2D eigenvalue weighted by Gasteiger charge is 2.40. The molecular formula is C13H18FNO. The van der Waals surface area contributed by atoms with Crippen LogP contribution in [0.2, 0.25) is 0 Å². The SMILES string of the molecule is CC(C)COc1cc(C2(N)CC2)ccc1F. The first kappa shape index (κ1) is 11.4. The van der Waals surface area contributed by atoms with Gasteiger partial charge in [0.15, 0.2) is 11.6 Å². The summed E-state index contributed by atoms with van der Waals surface area (Å²) in [6.07, 6.45) is 1.95. The molecule has 0 unspecified atom stereocenters. The summed E-state index contributed by atoms with van der Waals surface area (Å²) >= 11 is 0. The Hall–Kier alpha value is -1.09. The van der Waals surface area contributed by atoms with Gasteiger partial charge >= 0.3 is 0 Å². The van der Waals surface area contributed by atoms with Crippen LogP contribution >= 0.6 is 0 Å². The van der Waals surface area contributed by atoms with Crippen LogP contribution in [-0.2, 0) is 5.54 Å². The van der Waals surface area contributed by atoms with Gasteiger partial charge in [-0.2, -0.15) is 0 Å². The van der Waals surface area contributed by atoms with E-state index in [1.54, 1.807) is 12.1 Å². The number of hydrogen-bond donors (Lipinski definition) is 1. The van der Waals surface area contributed by atoms with Crippen molar-refractivity contribution in [2.24, 2.45) is 11.7 Å². The summed E-state index contributed by atoms with van der Waals surface area (Å²) in [6.45, 7) is 4.60. The van der Waals surface area contributed by atoms with Gasteiger partial charge in [-0.05, 0) is 36.5 Å². The van der Waals surface area contributed by atoms with Crippen molar-refractivity contribution < 1.29 is 9.13 Å². The maximum atomic E-state index is 13.5. The Morgan fingerprint density at radius 2 is 2.12 bits per heavy atom. The van der Waals surface area contributed by atoms with Crippen LogP contribution in [0, 0.1) is 11.7 Å². The van der Waals surface area contributed by atoms with Gasteiger partial charge in [0.1, 0.15) is 0 Å². The lowest BCUT2D eigenvalue weighted by molar-refractivity contribution is 0.259. The Bertz CT molecular complexity index is 386. The zero-order chi connectivity index (χ0) is 11.8. The second-order valence-electron chi connectivity index (χ2n) is 5.01. The maximum absolute atomic E-state index is 13.5. The summed E-state index contributed by atoms with van der Waals surface area (Å²) < 4.78 is 18.9. The van der Waals surface area contributed by atoms with Gasteiger partial charge in [-0.15, -0.1) is 0 Å². The van der Waals surface area contributed by atoms with Crippen molar-refractivity contribution in [1.29, 1.82) is 0 Å². The molecule has 0 radical (unpaired) electrons. The fourth-order valence-corrected chi connectivity index (χ4v) is 1.60. The Kier molecular flexibility index (Phi) is 2.89. The third-order valence-corrected chi connectivity index (χ3v) is 2.87. The fraction of sp³-hybridized carbons (Fsp3) is 0.538.